The number of nitrogens with zero attached hydrogens (tertiary/aromatic N) is 1. The Kier molecular flexibility index (Phi) is 4.36. The topological polar surface area (TPSA) is 32.3 Å². The molecule has 4 heteroatoms. The second-order valence-electron chi connectivity index (χ2n) is 6.71. The first-order valence-electron chi connectivity index (χ1n) is 8.23. The van der Waals surface area contributed by atoms with Gasteiger partial charge >= 0.3 is 0 Å². The molecule has 0 aromatic carbocycles. The molecule has 2 aliphatic rings. The number of amides is 1. The van der Waals surface area contributed by atoms with E-state index in [-0.39, 0.29) is 12.2 Å². The Morgan fingerprint density at radius 3 is 2.86 bits per heavy atom. The predicted molar refractivity (Wildman–Crippen MR) is 87.1 cm³/mol. The first-order chi connectivity index (χ1) is 10.1. The molecule has 0 radical (unpaired) electrons. The molecule has 1 aliphatic heterocycles. The minimum absolute atomic E-state index is 0.0206. The molecule has 5 unspecified atom stereocenters. The Morgan fingerprint density at radius 1 is 1.48 bits per heavy atom. The van der Waals surface area contributed by atoms with Crippen molar-refractivity contribution >= 4 is 17.2 Å². The molecule has 0 spiro atoms. The SMILES string of the molecule is CCC(C)C1NC(c2ccsc2)N(C2CCCC2C)C1=O. The van der Waals surface area contributed by atoms with Crippen LogP contribution in [0.1, 0.15) is 58.2 Å². The molecule has 21 heavy (non-hydrogen) atoms. The zero-order chi connectivity index (χ0) is 15.0. The summed E-state index contributed by atoms with van der Waals surface area (Å²) >= 11 is 1.71. The molecular weight excluding hydrogens is 280 g/mol. The zero-order valence-corrected chi connectivity index (χ0v) is 14.0. The lowest BCUT2D eigenvalue weighted by Gasteiger charge is -2.32. The van der Waals surface area contributed by atoms with Gasteiger partial charge in [-0.25, -0.2) is 0 Å². The van der Waals surface area contributed by atoms with E-state index in [9.17, 15) is 4.79 Å². The van der Waals surface area contributed by atoms with Crippen LogP contribution in [0, 0.1) is 11.8 Å². The maximum Gasteiger partial charge on any atom is 0.241 e. The molecule has 3 rings (SSSR count). The van der Waals surface area contributed by atoms with Gasteiger partial charge in [0.25, 0.3) is 0 Å². The summed E-state index contributed by atoms with van der Waals surface area (Å²) in [5, 5.41) is 7.91. The summed E-state index contributed by atoms with van der Waals surface area (Å²) in [6, 6.07) is 2.54. The first-order valence-corrected chi connectivity index (χ1v) is 9.18. The number of nitrogens with one attached hydrogen (secondary N) is 1. The monoisotopic (exact) mass is 306 g/mol. The zero-order valence-electron chi connectivity index (χ0n) is 13.2. The van der Waals surface area contributed by atoms with E-state index in [2.05, 4.69) is 47.8 Å². The number of carbonyl (C=O) groups excluding carboxylic acids is 1. The Morgan fingerprint density at radius 2 is 2.29 bits per heavy atom. The lowest BCUT2D eigenvalue weighted by atomic mass is 9.98. The molecule has 1 aromatic heterocycles. The Labute approximate surface area is 131 Å². The van der Waals surface area contributed by atoms with E-state index in [1.165, 1.54) is 18.4 Å². The van der Waals surface area contributed by atoms with E-state index in [1.807, 2.05) is 0 Å². The highest BCUT2D eigenvalue weighted by atomic mass is 32.1. The third kappa shape index (κ3) is 2.64. The van der Waals surface area contributed by atoms with Gasteiger partial charge in [0, 0.05) is 6.04 Å². The van der Waals surface area contributed by atoms with Crippen molar-refractivity contribution in [3.8, 4) is 0 Å². The third-order valence-corrected chi connectivity index (χ3v) is 6.08. The normalized spacial score (nSPS) is 34.6. The van der Waals surface area contributed by atoms with Crippen LogP contribution in [0.4, 0.5) is 0 Å². The summed E-state index contributed by atoms with van der Waals surface area (Å²) in [5.41, 5.74) is 1.25. The van der Waals surface area contributed by atoms with Crippen LogP contribution in [0.5, 0.6) is 0 Å². The van der Waals surface area contributed by atoms with Crippen molar-refractivity contribution in [2.24, 2.45) is 11.8 Å². The molecule has 5 atom stereocenters. The van der Waals surface area contributed by atoms with E-state index in [0.29, 0.717) is 23.8 Å². The van der Waals surface area contributed by atoms with Gasteiger partial charge in [0.05, 0.1) is 6.04 Å². The Balaban J connectivity index is 1.90. The van der Waals surface area contributed by atoms with E-state index in [0.717, 1.165) is 12.8 Å². The molecule has 3 nitrogen and oxygen atoms in total. The van der Waals surface area contributed by atoms with Gasteiger partial charge in [0.15, 0.2) is 0 Å². The second-order valence-corrected chi connectivity index (χ2v) is 7.49. The summed E-state index contributed by atoms with van der Waals surface area (Å²) in [5.74, 6) is 1.33. The van der Waals surface area contributed by atoms with Gasteiger partial charge in [-0.05, 0) is 47.1 Å². The number of hydrogen-bond donors (Lipinski definition) is 1. The number of rotatable bonds is 4. The van der Waals surface area contributed by atoms with Crippen molar-refractivity contribution in [2.75, 3.05) is 0 Å². The smallest absolute Gasteiger partial charge is 0.241 e. The molecule has 0 bridgehead atoms. The van der Waals surface area contributed by atoms with Crippen LogP contribution in [-0.4, -0.2) is 22.9 Å². The van der Waals surface area contributed by atoms with Crippen LogP contribution in [0.3, 0.4) is 0 Å². The van der Waals surface area contributed by atoms with Crippen LogP contribution in [-0.2, 0) is 4.79 Å². The van der Waals surface area contributed by atoms with Gasteiger partial charge in [-0.3, -0.25) is 10.1 Å². The lowest BCUT2D eigenvalue weighted by Crippen LogP contribution is -2.42. The summed E-state index contributed by atoms with van der Waals surface area (Å²) in [4.78, 5) is 15.2. The van der Waals surface area contributed by atoms with Crippen LogP contribution >= 0.6 is 11.3 Å². The second kappa shape index (κ2) is 6.09. The third-order valence-electron chi connectivity index (χ3n) is 5.38. The van der Waals surface area contributed by atoms with Crippen molar-refractivity contribution in [3.05, 3.63) is 22.4 Å². The maximum atomic E-state index is 13.0. The fraction of sp³-hybridized carbons (Fsp3) is 0.706. The quantitative estimate of drug-likeness (QED) is 0.918. The summed E-state index contributed by atoms with van der Waals surface area (Å²) in [6.45, 7) is 6.65. The van der Waals surface area contributed by atoms with Crippen molar-refractivity contribution in [2.45, 2.75) is 64.7 Å². The fourth-order valence-corrected chi connectivity index (χ4v) is 4.51. The number of carbonyl (C=O) groups is 1. The van der Waals surface area contributed by atoms with Crippen LogP contribution in [0.25, 0.3) is 0 Å². The van der Waals surface area contributed by atoms with Gasteiger partial charge in [-0.15, -0.1) is 0 Å². The van der Waals surface area contributed by atoms with E-state index < -0.39 is 0 Å². The van der Waals surface area contributed by atoms with Crippen LogP contribution < -0.4 is 5.32 Å². The molecule has 1 aliphatic carbocycles. The molecule has 116 valence electrons. The number of thiophene rings is 1. The molecule has 1 N–H and O–H groups in total. The highest BCUT2D eigenvalue weighted by molar-refractivity contribution is 7.07. The highest BCUT2D eigenvalue weighted by Gasteiger charge is 2.46. The lowest BCUT2D eigenvalue weighted by molar-refractivity contribution is -0.133. The van der Waals surface area contributed by atoms with Crippen molar-refractivity contribution in [1.82, 2.24) is 10.2 Å². The van der Waals surface area contributed by atoms with Gasteiger partial charge in [-0.2, -0.15) is 11.3 Å². The molecule has 1 saturated heterocycles. The average molecular weight is 306 g/mol. The van der Waals surface area contributed by atoms with Gasteiger partial charge in [0.2, 0.25) is 5.91 Å². The minimum atomic E-state index is -0.0206. The van der Waals surface area contributed by atoms with Gasteiger partial charge in [0.1, 0.15) is 6.17 Å². The van der Waals surface area contributed by atoms with Crippen molar-refractivity contribution < 1.29 is 4.79 Å². The maximum absolute atomic E-state index is 13.0. The van der Waals surface area contributed by atoms with Crippen LogP contribution in [0.2, 0.25) is 0 Å². The largest absolute Gasteiger partial charge is 0.318 e. The molecule has 2 fully saturated rings. The molecular formula is C17H26N2OS. The van der Waals surface area contributed by atoms with Gasteiger partial charge in [-0.1, -0.05) is 33.6 Å². The summed E-state index contributed by atoms with van der Waals surface area (Å²) in [7, 11) is 0. The standard InChI is InChI=1S/C17H26N2OS/c1-4-11(2)15-17(20)19(14-7-5-6-12(14)3)16(18-15)13-8-9-21-10-13/h8-12,14-16,18H,4-7H2,1-3H3. The summed E-state index contributed by atoms with van der Waals surface area (Å²) in [6.07, 6.45) is 4.77. The number of hydrogen-bond acceptors (Lipinski definition) is 3. The van der Waals surface area contributed by atoms with E-state index in [1.54, 1.807) is 11.3 Å². The predicted octanol–water partition coefficient (Wildman–Crippen LogP) is 3.78. The average Bonchev–Trinajstić information content (AvgIpc) is 3.18. The first kappa shape index (κ1) is 15.0. The van der Waals surface area contributed by atoms with E-state index in [4.69, 9.17) is 0 Å². The van der Waals surface area contributed by atoms with Crippen molar-refractivity contribution in [1.29, 1.82) is 0 Å². The molecule has 1 saturated carbocycles. The molecule has 1 aromatic rings. The Hall–Kier alpha value is -0.870. The molecule has 1 amide bonds. The molecule has 2 heterocycles. The summed E-state index contributed by atoms with van der Waals surface area (Å²) < 4.78 is 0. The van der Waals surface area contributed by atoms with E-state index >= 15 is 0 Å². The highest BCUT2D eigenvalue weighted by Crippen LogP contribution is 2.39. The minimum Gasteiger partial charge on any atom is -0.318 e. The van der Waals surface area contributed by atoms with Gasteiger partial charge < -0.3 is 4.90 Å². The van der Waals surface area contributed by atoms with Crippen molar-refractivity contribution in [3.63, 3.8) is 0 Å². The van der Waals surface area contributed by atoms with Crippen LogP contribution in [0.15, 0.2) is 16.8 Å². The Bertz CT molecular complexity index is 487. The fourth-order valence-electron chi connectivity index (χ4n) is 3.83.